The second kappa shape index (κ2) is 10.7. The highest BCUT2D eigenvalue weighted by Crippen LogP contribution is 2.25. The van der Waals surface area contributed by atoms with E-state index < -0.39 is 0 Å². The molecule has 0 unspecified atom stereocenters. The number of aromatic nitrogens is 2. The molecule has 1 aliphatic rings. The van der Waals surface area contributed by atoms with Gasteiger partial charge in [-0.3, -0.25) is 4.98 Å². The number of aryl methyl sites for hydroxylation is 2. The van der Waals surface area contributed by atoms with Crippen LogP contribution in [0.4, 0.5) is 5.69 Å². The molecule has 0 spiro atoms. The Morgan fingerprint density at radius 1 is 1.09 bits per heavy atom. The van der Waals surface area contributed by atoms with Crippen molar-refractivity contribution in [3.05, 3.63) is 59.5 Å². The zero-order valence-electron chi connectivity index (χ0n) is 21.6. The van der Waals surface area contributed by atoms with Gasteiger partial charge in [-0.1, -0.05) is 32.8 Å². The van der Waals surface area contributed by atoms with Crippen LogP contribution in [0.3, 0.4) is 0 Å². The Hall–Kier alpha value is -2.77. The molecule has 3 heterocycles. The zero-order valence-corrected chi connectivity index (χ0v) is 21.6. The number of hydrogen-bond donors (Lipinski definition) is 1. The van der Waals surface area contributed by atoms with Crippen molar-refractivity contribution >= 4 is 16.6 Å². The van der Waals surface area contributed by atoms with Crippen LogP contribution >= 0.6 is 0 Å². The smallest absolute Gasteiger partial charge is 0.0931 e. The molecule has 1 fully saturated rings. The van der Waals surface area contributed by atoms with Crippen LogP contribution in [0.2, 0.25) is 0 Å². The Balaban J connectivity index is 1.39. The summed E-state index contributed by atoms with van der Waals surface area (Å²) < 4.78 is 2.32. The number of fused-ring (bicyclic) bond motifs is 1. The Labute approximate surface area is 205 Å². The molecule has 1 saturated heterocycles. The first-order chi connectivity index (χ1) is 16.3. The van der Waals surface area contributed by atoms with Crippen LogP contribution < -0.4 is 5.32 Å². The number of nitrogens with one attached hydrogen (secondary N) is 1. The van der Waals surface area contributed by atoms with Crippen LogP contribution in [0.1, 0.15) is 63.9 Å². The maximum atomic E-state index is 4.58. The zero-order chi connectivity index (χ0) is 24.1. The normalized spacial score (nSPS) is 15.3. The highest BCUT2D eigenvalue weighted by atomic mass is 15.1. The molecule has 0 radical (unpaired) electrons. The second-order valence-electron chi connectivity index (χ2n) is 10.8. The fourth-order valence-corrected chi connectivity index (χ4v) is 4.86. The maximum absolute atomic E-state index is 4.58. The van der Waals surface area contributed by atoms with Gasteiger partial charge in [0.2, 0.25) is 0 Å². The van der Waals surface area contributed by atoms with Crippen molar-refractivity contribution in [1.29, 1.82) is 0 Å². The van der Waals surface area contributed by atoms with E-state index in [1.807, 2.05) is 6.20 Å². The van der Waals surface area contributed by atoms with Crippen LogP contribution in [0.15, 0.2) is 42.6 Å². The molecule has 1 aromatic carbocycles. The quantitative estimate of drug-likeness (QED) is 0.456. The summed E-state index contributed by atoms with van der Waals surface area (Å²) in [6.07, 6.45) is 7.07. The van der Waals surface area contributed by atoms with Crippen LogP contribution in [0.5, 0.6) is 0 Å². The summed E-state index contributed by atoms with van der Waals surface area (Å²) >= 11 is 0. The third-order valence-electron chi connectivity index (χ3n) is 7.09. The highest BCUT2D eigenvalue weighted by molar-refractivity contribution is 5.83. The first-order valence-corrected chi connectivity index (χ1v) is 12.8. The Morgan fingerprint density at radius 3 is 2.56 bits per heavy atom. The molecule has 3 aromatic rings. The number of rotatable bonds is 6. The fourth-order valence-electron chi connectivity index (χ4n) is 4.86. The van der Waals surface area contributed by atoms with E-state index >= 15 is 0 Å². The molecule has 0 saturated carbocycles. The van der Waals surface area contributed by atoms with Gasteiger partial charge in [-0.15, -0.1) is 0 Å². The lowest BCUT2D eigenvalue weighted by atomic mass is 9.90. The van der Waals surface area contributed by atoms with Crippen LogP contribution in [-0.2, 0) is 18.4 Å². The highest BCUT2D eigenvalue weighted by Gasteiger charge is 2.17. The van der Waals surface area contributed by atoms with Gasteiger partial charge in [0.05, 0.1) is 24.1 Å². The largest absolute Gasteiger partial charge is 0.373 e. The second-order valence-corrected chi connectivity index (χ2v) is 10.8. The number of likely N-dealkylation sites (tertiary alicyclic amines) is 1. The topological polar surface area (TPSA) is 33.1 Å². The van der Waals surface area contributed by atoms with Crippen molar-refractivity contribution in [2.75, 3.05) is 32.0 Å². The van der Waals surface area contributed by atoms with Gasteiger partial charge >= 0.3 is 0 Å². The summed E-state index contributed by atoms with van der Waals surface area (Å²) in [5, 5.41) is 4.68. The summed E-state index contributed by atoms with van der Waals surface area (Å²) in [6.45, 7) is 12.8. The number of nitrogens with zero attached hydrogens (tertiary/aromatic N) is 3. The number of anilines is 1. The van der Waals surface area contributed by atoms with E-state index in [4.69, 9.17) is 0 Å². The molecule has 2 aromatic heterocycles. The lowest BCUT2D eigenvalue weighted by molar-refractivity contribution is 0.212. The van der Waals surface area contributed by atoms with E-state index in [0.29, 0.717) is 6.54 Å². The molecule has 1 N–H and O–H groups in total. The van der Waals surface area contributed by atoms with Crippen LogP contribution in [-0.4, -0.2) is 41.1 Å². The minimum atomic E-state index is 0.0681. The molecule has 0 atom stereocenters. The van der Waals surface area contributed by atoms with Gasteiger partial charge in [0.25, 0.3) is 0 Å². The van der Waals surface area contributed by atoms with Crippen molar-refractivity contribution < 1.29 is 0 Å². The fraction of sp³-hybridized carbons (Fsp3) is 0.500. The molecule has 0 aliphatic carbocycles. The summed E-state index contributed by atoms with van der Waals surface area (Å²) in [7, 11) is 2.24. The van der Waals surface area contributed by atoms with E-state index in [1.54, 1.807) is 0 Å². The predicted molar refractivity (Wildman–Crippen MR) is 144 cm³/mol. The Morgan fingerprint density at radius 2 is 1.88 bits per heavy atom. The van der Waals surface area contributed by atoms with E-state index in [9.17, 15) is 0 Å². The minimum Gasteiger partial charge on any atom is -0.373 e. The number of piperidine rings is 1. The van der Waals surface area contributed by atoms with Crippen LogP contribution in [0.25, 0.3) is 10.9 Å². The molecular formula is C30H40N4. The molecular weight excluding hydrogens is 416 g/mol. The predicted octanol–water partition coefficient (Wildman–Crippen LogP) is 6.09. The van der Waals surface area contributed by atoms with E-state index in [0.717, 1.165) is 29.5 Å². The van der Waals surface area contributed by atoms with Gasteiger partial charge in [0.15, 0.2) is 0 Å². The van der Waals surface area contributed by atoms with Crippen molar-refractivity contribution in [3.8, 4) is 11.8 Å². The molecule has 4 heteroatoms. The third kappa shape index (κ3) is 6.02. The minimum absolute atomic E-state index is 0.0681. The van der Waals surface area contributed by atoms with Crippen LogP contribution in [0, 0.1) is 17.8 Å². The summed E-state index contributed by atoms with van der Waals surface area (Å²) in [5.74, 6) is 7.57. The van der Waals surface area contributed by atoms with Gasteiger partial charge in [-0.2, -0.15) is 0 Å². The number of benzene rings is 1. The van der Waals surface area contributed by atoms with Crippen molar-refractivity contribution in [1.82, 2.24) is 14.5 Å². The Kier molecular flexibility index (Phi) is 7.63. The molecule has 1 aliphatic heterocycles. The van der Waals surface area contributed by atoms with Crippen molar-refractivity contribution in [2.24, 2.45) is 5.92 Å². The van der Waals surface area contributed by atoms with Gasteiger partial charge in [0, 0.05) is 28.6 Å². The van der Waals surface area contributed by atoms with Crippen molar-refractivity contribution in [2.45, 2.75) is 65.3 Å². The third-order valence-corrected chi connectivity index (χ3v) is 7.09. The lowest BCUT2D eigenvalue weighted by Crippen LogP contribution is -2.30. The standard InChI is InChI=1S/C30H40N4/c1-6-34-27(8-7-17-31-26-12-14-29(32-22-26)30(2,3)4)21-25-20-24(11-13-28(25)34)10-9-23-15-18-33(5)19-16-23/h11-14,20-23,31H,6,9-10,15-19H2,1-5H3. The lowest BCUT2D eigenvalue weighted by Gasteiger charge is -2.28. The Bertz CT molecular complexity index is 1150. The van der Waals surface area contributed by atoms with E-state index in [-0.39, 0.29) is 5.41 Å². The monoisotopic (exact) mass is 456 g/mol. The van der Waals surface area contributed by atoms with Gasteiger partial charge in [-0.25, -0.2) is 0 Å². The van der Waals surface area contributed by atoms with Gasteiger partial charge in [-0.05, 0) is 100 Å². The molecule has 34 heavy (non-hydrogen) atoms. The molecule has 0 amide bonds. The SMILES string of the molecule is CCn1c(C#CCNc2ccc(C(C)(C)C)nc2)cc2cc(CCC3CCN(C)CC3)ccc21. The van der Waals surface area contributed by atoms with Crippen molar-refractivity contribution in [3.63, 3.8) is 0 Å². The molecule has 4 nitrogen and oxygen atoms in total. The van der Waals surface area contributed by atoms with E-state index in [1.165, 1.54) is 55.2 Å². The first-order valence-electron chi connectivity index (χ1n) is 12.8. The van der Waals surface area contributed by atoms with Gasteiger partial charge in [0.1, 0.15) is 0 Å². The average molecular weight is 457 g/mol. The van der Waals surface area contributed by atoms with E-state index in [2.05, 4.69) is 103 Å². The number of hydrogen-bond acceptors (Lipinski definition) is 3. The molecule has 180 valence electrons. The first kappa shape index (κ1) is 24.4. The summed E-state index contributed by atoms with van der Waals surface area (Å²) in [6, 6.07) is 13.4. The maximum Gasteiger partial charge on any atom is 0.0931 e. The summed E-state index contributed by atoms with van der Waals surface area (Å²) in [4.78, 5) is 7.03. The molecule has 0 bridgehead atoms. The molecule has 4 rings (SSSR count). The average Bonchev–Trinajstić information content (AvgIpc) is 3.17. The van der Waals surface area contributed by atoms with Gasteiger partial charge < -0.3 is 14.8 Å². The number of pyridine rings is 1. The summed E-state index contributed by atoms with van der Waals surface area (Å²) in [5.41, 5.74) is 6.00.